The van der Waals surface area contributed by atoms with E-state index in [0.29, 0.717) is 12.8 Å². The Balaban J connectivity index is 2.59. The summed E-state index contributed by atoms with van der Waals surface area (Å²) in [6, 6.07) is 5.70. The first-order chi connectivity index (χ1) is 14.0. The van der Waals surface area contributed by atoms with Crippen LogP contribution in [0.2, 0.25) is 0 Å². The second-order valence-electron chi connectivity index (χ2n) is 8.48. The van der Waals surface area contributed by atoms with Crippen LogP contribution in [0.4, 0.5) is 0 Å². The number of rotatable bonds is 14. The lowest BCUT2D eigenvalue weighted by atomic mass is 9.97. The monoisotopic (exact) mass is 414 g/mol. The predicted molar refractivity (Wildman–Crippen MR) is 113 cm³/mol. The molecular formula is C24H30O6. The highest BCUT2D eigenvalue weighted by Gasteiger charge is 2.18. The second kappa shape index (κ2) is 12.1. The zero-order valence-corrected chi connectivity index (χ0v) is 18.2. The minimum atomic E-state index is -0.428. The number of Topliss-reactive ketones (excluding diaryl/α,β-unsaturated/α-hetero) is 6. The lowest BCUT2D eigenvalue weighted by Gasteiger charge is -2.05. The van der Waals surface area contributed by atoms with Gasteiger partial charge in [-0.1, -0.05) is 52.0 Å². The molecule has 0 aliphatic carbocycles. The maximum absolute atomic E-state index is 12.2. The van der Waals surface area contributed by atoms with E-state index in [1.165, 1.54) is 24.3 Å². The number of carbonyl (C=O) groups excluding carboxylic acids is 6. The molecule has 162 valence electrons. The van der Waals surface area contributed by atoms with Crippen LogP contribution in [-0.2, 0) is 19.2 Å². The van der Waals surface area contributed by atoms with Gasteiger partial charge in [-0.05, 0) is 11.8 Å². The van der Waals surface area contributed by atoms with E-state index in [1.54, 1.807) is 0 Å². The third-order valence-electron chi connectivity index (χ3n) is 4.30. The first kappa shape index (κ1) is 25.3. The van der Waals surface area contributed by atoms with E-state index in [1.807, 2.05) is 27.7 Å². The van der Waals surface area contributed by atoms with Crippen molar-refractivity contribution in [2.75, 3.05) is 0 Å². The highest BCUT2D eigenvalue weighted by molar-refractivity contribution is 6.14. The average Bonchev–Trinajstić information content (AvgIpc) is 2.59. The van der Waals surface area contributed by atoms with Gasteiger partial charge in [0.15, 0.2) is 11.6 Å². The van der Waals surface area contributed by atoms with Gasteiger partial charge < -0.3 is 0 Å². The fourth-order valence-electron chi connectivity index (χ4n) is 3.02. The molecule has 0 heterocycles. The Morgan fingerprint density at radius 1 is 0.533 bits per heavy atom. The van der Waals surface area contributed by atoms with Crippen LogP contribution < -0.4 is 0 Å². The molecule has 0 spiro atoms. The molecule has 1 rings (SSSR count). The molecule has 0 aliphatic rings. The topological polar surface area (TPSA) is 102 Å². The molecule has 0 amide bonds. The van der Waals surface area contributed by atoms with Crippen LogP contribution >= 0.6 is 0 Å². The van der Waals surface area contributed by atoms with Crippen LogP contribution in [0.25, 0.3) is 0 Å². The van der Waals surface area contributed by atoms with Crippen molar-refractivity contribution >= 4 is 34.7 Å². The Kier molecular flexibility index (Phi) is 10.2. The molecule has 0 N–H and O–H groups in total. The number of hydrogen-bond donors (Lipinski definition) is 0. The SMILES string of the molecule is CC(C)CC(=O)CC(=O)CC(=O)c1ccc(C(=O)CC(=O)CC(=O)CC(C)C)cc1. The van der Waals surface area contributed by atoms with Crippen LogP contribution in [0.3, 0.4) is 0 Å². The van der Waals surface area contributed by atoms with Crippen molar-refractivity contribution in [2.45, 2.75) is 66.2 Å². The molecule has 1 aromatic rings. The van der Waals surface area contributed by atoms with Gasteiger partial charge in [0.1, 0.15) is 23.1 Å². The van der Waals surface area contributed by atoms with E-state index in [-0.39, 0.29) is 60.2 Å². The molecule has 0 atom stereocenters. The van der Waals surface area contributed by atoms with Gasteiger partial charge >= 0.3 is 0 Å². The summed E-state index contributed by atoms with van der Waals surface area (Å²) in [6.45, 7) is 7.53. The van der Waals surface area contributed by atoms with Gasteiger partial charge in [-0.15, -0.1) is 0 Å². The van der Waals surface area contributed by atoms with Crippen molar-refractivity contribution in [3.05, 3.63) is 35.4 Å². The molecule has 0 aliphatic heterocycles. The number of ketones is 6. The molecule has 0 radical (unpaired) electrons. The van der Waals surface area contributed by atoms with E-state index in [0.717, 1.165) is 0 Å². The Hall–Kier alpha value is -2.76. The van der Waals surface area contributed by atoms with Crippen LogP contribution in [0.15, 0.2) is 24.3 Å². The third kappa shape index (κ3) is 9.63. The van der Waals surface area contributed by atoms with Crippen LogP contribution in [-0.4, -0.2) is 34.7 Å². The summed E-state index contributed by atoms with van der Waals surface area (Å²) in [5.74, 6) is -1.75. The van der Waals surface area contributed by atoms with E-state index < -0.39 is 23.1 Å². The van der Waals surface area contributed by atoms with Crippen LogP contribution in [0.1, 0.15) is 86.9 Å². The van der Waals surface area contributed by atoms with Gasteiger partial charge in [-0.25, -0.2) is 0 Å². The highest BCUT2D eigenvalue weighted by Crippen LogP contribution is 2.12. The first-order valence-corrected chi connectivity index (χ1v) is 10.2. The maximum atomic E-state index is 12.2. The van der Waals surface area contributed by atoms with Crippen molar-refractivity contribution in [2.24, 2.45) is 11.8 Å². The summed E-state index contributed by atoms with van der Waals surface area (Å²) in [7, 11) is 0. The lowest BCUT2D eigenvalue weighted by molar-refractivity contribution is -0.128. The second-order valence-corrected chi connectivity index (χ2v) is 8.48. The summed E-state index contributed by atoms with van der Waals surface area (Å²) in [5.41, 5.74) is 0.518. The van der Waals surface area contributed by atoms with Gasteiger partial charge in [0.2, 0.25) is 0 Å². The molecular weight excluding hydrogens is 384 g/mol. The largest absolute Gasteiger partial charge is 0.299 e. The smallest absolute Gasteiger partial charge is 0.170 e. The van der Waals surface area contributed by atoms with Gasteiger partial charge in [-0.2, -0.15) is 0 Å². The summed E-state index contributed by atoms with van der Waals surface area (Å²) >= 11 is 0. The number of benzene rings is 1. The van der Waals surface area contributed by atoms with Gasteiger partial charge in [0.05, 0.1) is 25.7 Å². The molecule has 0 bridgehead atoms. The summed E-state index contributed by atoms with van der Waals surface area (Å²) in [4.78, 5) is 71.6. The van der Waals surface area contributed by atoms with Crippen molar-refractivity contribution in [1.29, 1.82) is 0 Å². The summed E-state index contributed by atoms with van der Waals surface area (Å²) in [6.07, 6.45) is -0.630. The molecule has 6 heteroatoms. The Morgan fingerprint density at radius 2 is 0.833 bits per heavy atom. The van der Waals surface area contributed by atoms with Crippen molar-refractivity contribution in [1.82, 2.24) is 0 Å². The summed E-state index contributed by atoms with van der Waals surface area (Å²) in [5, 5.41) is 0. The van der Waals surface area contributed by atoms with E-state index in [9.17, 15) is 28.8 Å². The quantitative estimate of drug-likeness (QED) is 0.337. The fourth-order valence-corrected chi connectivity index (χ4v) is 3.02. The Labute approximate surface area is 177 Å². The zero-order chi connectivity index (χ0) is 22.8. The van der Waals surface area contributed by atoms with Crippen molar-refractivity contribution < 1.29 is 28.8 Å². The maximum Gasteiger partial charge on any atom is 0.170 e. The standard InChI is InChI=1S/C24H30O6/c1-15(2)9-19(25)11-21(27)13-23(29)17-5-7-18(8-6-17)24(30)14-22(28)12-20(26)10-16(3)4/h5-8,15-16H,9-14H2,1-4H3. The predicted octanol–water partition coefficient (Wildman–Crippen LogP) is 3.98. The van der Waals surface area contributed by atoms with Crippen molar-refractivity contribution in [3.8, 4) is 0 Å². The Bertz CT molecular complexity index is 746. The minimum absolute atomic E-state index is 0.159. The van der Waals surface area contributed by atoms with Gasteiger partial charge in [-0.3, -0.25) is 28.8 Å². The average molecular weight is 414 g/mol. The van der Waals surface area contributed by atoms with Gasteiger partial charge in [0, 0.05) is 24.0 Å². The molecule has 1 aromatic carbocycles. The third-order valence-corrected chi connectivity index (χ3v) is 4.30. The van der Waals surface area contributed by atoms with Crippen LogP contribution in [0, 0.1) is 11.8 Å². The molecule has 0 fully saturated rings. The zero-order valence-electron chi connectivity index (χ0n) is 18.2. The van der Waals surface area contributed by atoms with Crippen LogP contribution in [0.5, 0.6) is 0 Å². The number of carbonyl (C=O) groups is 6. The molecule has 0 saturated carbocycles. The summed E-state index contributed by atoms with van der Waals surface area (Å²) < 4.78 is 0. The molecule has 6 nitrogen and oxygen atoms in total. The molecule has 0 aromatic heterocycles. The van der Waals surface area contributed by atoms with E-state index >= 15 is 0 Å². The molecule has 30 heavy (non-hydrogen) atoms. The number of hydrogen-bond acceptors (Lipinski definition) is 6. The minimum Gasteiger partial charge on any atom is -0.299 e. The Morgan fingerprint density at radius 3 is 1.10 bits per heavy atom. The van der Waals surface area contributed by atoms with Crippen molar-refractivity contribution in [3.63, 3.8) is 0 Å². The van der Waals surface area contributed by atoms with Gasteiger partial charge in [0.25, 0.3) is 0 Å². The van der Waals surface area contributed by atoms with E-state index in [4.69, 9.17) is 0 Å². The highest BCUT2D eigenvalue weighted by atomic mass is 16.2. The lowest BCUT2D eigenvalue weighted by Crippen LogP contribution is -2.15. The molecule has 0 saturated heterocycles. The fraction of sp³-hybridized carbons (Fsp3) is 0.500. The first-order valence-electron chi connectivity index (χ1n) is 10.2. The normalized spacial score (nSPS) is 10.9. The van der Waals surface area contributed by atoms with E-state index in [2.05, 4.69) is 0 Å². The molecule has 0 unspecified atom stereocenters.